The van der Waals surface area contributed by atoms with E-state index < -0.39 is 0 Å². The van der Waals surface area contributed by atoms with Crippen LogP contribution in [0.1, 0.15) is 58.1 Å². The van der Waals surface area contributed by atoms with Gasteiger partial charge in [0.2, 0.25) is 0 Å². The number of nitrogens with zero attached hydrogens (tertiary/aromatic N) is 2. The van der Waals surface area contributed by atoms with Crippen molar-refractivity contribution < 1.29 is 9.63 Å². The molecule has 6 nitrogen and oxygen atoms in total. The normalized spacial score (nSPS) is 14.0. The first kappa shape index (κ1) is 23.2. The van der Waals surface area contributed by atoms with E-state index in [9.17, 15) is 5.11 Å². The van der Waals surface area contributed by atoms with Crippen LogP contribution in [-0.4, -0.2) is 35.9 Å². The molecular formula is C17H33IN4O2. The number of aliphatic hydroxyl groups excluding tert-OH is 1. The van der Waals surface area contributed by atoms with Crippen LogP contribution in [-0.2, 0) is 19.4 Å². The van der Waals surface area contributed by atoms with E-state index >= 15 is 0 Å². The molecule has 140 valence electrons. The Morgan fingerprint density at radius 3 is 2.42 bits per heavy atom. The van der Waals surface area contributed by atoms with Gasteiger partial charge in [-0.2, -0.15) is 0 Å². The molecule has 0 amide bonds. The summed E-state index contributed by atoms with van der Waals surface area (Å²) < 4.78 is 5.38. The van der Waals surface area contributed by atoms with E-state index in [1.165, 1.54) is 0 Å². The molecular weight excluding hydrogens is 419 g/mol. The molecule has 1 heterocycles. The molecule has 1 atom stereocenters. The average Bonchev–Trinajstić information content (AvgIpc) is 2.99. The second-order valence-corrected chi connectivity index (χ2v) is 6.11. The van der Waals surface area contributed by atoms with E-state index in [1.54, 1.807) is 0 Å². The third-order valence-corrected chi connectivity index (χ3v) is 4.26. The Hall–Kier alpha value is -0.830. The summed E-state index contributed by atoms with van der Waals surface area (Å²) in [4.78, 5) is 4.66. The lowest BCUT2D eigenvalue weighted by molar-refractivity contribution is 0.140. The van der Waals surface area contributed by atoms with Gasteiger partial charge in [0.15, 0.2) is 5.96 Å². The molecule has 0 aromatic carbocycles. The fourth-order valence-electron chi connectivity index (χ4n) is 2.21. The second kappa shape index (κ2) is 11.7. The van der Waals surface area contributed by atoms with Crippen molar-refractivity contribution in [1.29, 1.82) is 0 Å². The highest BCUT2D eigenvalue weighted by atomic mass is 127. The fraction of sp³-hybridized carbons (Fsp3) is 0.765. The molecule has 0 radical (unpaired) electrons. The molecule has 1 aromatic heterocycles. The van der Waals surface area contributed by atoms with Crippen molar-refractivity contribution >= 4 is 29.9 Å². The van der Waals surface area contributed by atoms with Crippen molar-refractivity contribution in [1.82, 2.24) is 15.8 Å². The number of hydrogen-bond acceptors (Lipinski definition) is 4. The van der Waals surface area contributed by atoms with E-state index in [0.29, 0.717) is 13.1 Å². The maximum Gasteiger partial charge on any atom is 0.191 e. The van der Waals surface area contributed by atoms with Gasteiger partial charge in [0.05, 0.1) is 18.8 Å². The van der Waals surface area contributed by atoms with Crippen molar-refractivity contribution in [3.63, 3.8) is 0 Å². The molecule has 24 heavy (non-hydrogen) atoms. The highest BCUT2D eigenvalue weighted by Crippen LogP contribution is 2.19. The van der Waals surface area contributed by atoms with Crippen molar-refractivity contribution in [2.45, 2.75) is 60.4 Å². The van der Waals surface area contributed by atoms with Gasteiger partial charge < -0.3 is 20.3 Å². The van der Waals surface area contributed by atoms with Crippen LogP contribution in [0.4, 0.5) is 0 Å². The van der Waals surface area contributed by atoms with Gasteiger partial charge in [-0.05, 0) is 19.8 Å². The minimum atomic E-state index is -0.142. The minimum Gasteiger partial charge on any atom is -0.396 e. The molecule has 1 aromatic rings. The second-order valence-electron chi connectivity index (χ2n) is 6.11. The van der Waals surface area contributed by atoms with E-state index in [4.69, 9.17) is 4.52 Å². The SMILES string of the molecule is CCNC(=NCc1c(CC)noc1CC)NCC(C)(CC)CO.I. The maximum absolute atomic E-state index is 9.52. The van der Waals surface area contributed by atoms with Crippen LogP contribution < -0.4 is 10.6 Å². The van der Waals surface area contributed by atoms with Crippen LogP contribution in [0.5, 0.6) is 0 Å². The summed E-state index contributed by atoms with van der Waals surface area (Å²) in [6, 6.07) is 0. The van der Waals surface area contributed by atoms with Gasteiger partial charge in [-0.1, -0.05) is 32.9 Å². The summed E-state index contributed by atoms with van der Waals surface area (Å²) in [6.07, 6.45) is 2.57. The van der Waals surface area contributed by atoms with Gasteiger partial charge in [-0.3, -0.25) is 0 Å². The molecule has 1 unspecified atom stereocenters. The molecule has 0 bridgehead atoms. The monoisotopic (exact) mass is 452 g/mol. The summed E-state index contributed by atoms with van der Waals surface area (Å²) in [5.41, 5.74) is 1.93. The zero-order chi connectivity index (χ0) is 17.3. The predicted octanol–water partition coefficient (Wildman–Crippen LogP) is 2.88. The summed E-state index contributed by atoms with van der Waals surface area (Å²) in [6.45, 7) is 12.5. The summed E-state index contributed by atoms with van der Waals surface area (Å²) in [7, 11) is 0. The van der Waals surface area contributed by atoms with Crippen LogP contribution in [0.15, 0.2) is 9.52 Å². The van der Waals surface area contributed by atoms with Gasteiger partial charge >= 0.3 is 0 Å². The zero-order valence-electron chi connectivity index (χ0n) is 15.6. The lowest BCUT2D eigenvalue weighted by Crippen LogP contribution is -2.44. The zero-order valence-corrected chi connectivity index (χ0v) is 17.9. The van der Waals surface area contributed by atoms with Gasteiger partial charge in [0.25, 0.3) is 0 Å². The van der Waals surface area contributed by atoms with Crippen LogP contribution >= 0.6 is 24.0 Å². The van der Waals surface area contributed by atoms with Crippen LogP contribution in [0.3, 0.4) is 0 Å². The Labute approximate surface area is 162 Å². The molecule has 0 aliphatic heterocycles. The number of hydrogen-bond donors (Lipinski definition) is 3. The Bertz CT molecular complexity index is 477. The van der Waals surface area contributed by atoms with Gasteiger partial charge in [-0.15, -0.1) is 24.0 Å². The van der Waals surface area contributed by atoms with E-state index in [1.807, 2.05) is 6.92 Å². The predicted molar refractivity (Wildman–Crippen MR) is 109 cm³/mol. The van der Waals surface area contributed by atoms with E-state index in [-0.39, 0.29) is 36.0 Å². The molecule has 0 spiro atoms. The summed E-state index contributed by atoms with van der Waals surface area (Å²) in [5, 5.41) is 20.2. The summed E-state index contributed by atoms with van der Waals surface area (Å²) >= 11 is 0. The van der Waals surface area contributed by atoms with Crippen molar-refractivity contribution in [3.05, 3.63) is 17.0 Å². The van der Waals surface area contributed by atoms with Crippen molar-refractivity contribution in [2.24, 2.45) is 10.4 Å². The number of aliphatic imine (C=N–C) groups is 1. The van der Waals surface area contributed by atoms with E-state index in [2.05, 4.69) is 48.5 Å². The molecule has 7 heteroatoms. The number of guanidine groups is 1. The number of rotatable bonds is 9. The third-order valence-electron chi connectivity index (χ3n) is 4.26. The molecule has 3 N–H and O–H groups in total. The Morgan fingerprint density at radius 2 is 1.92 bits per heavy atom. The summed E-state index contributed by atoms with van der Waals surface area (Å²) in [5.74, 6) is 1.67. The van der Waals surface area contributed by atoms with Gasteiger partial charge in [0.1, 0.15) is 5.76 Å². The standard InChI is InChI=1S/C17H32N4O2.HI/c1-6-14-13(15(7-2)23-21-14)10-19-16(18-9-4)20-11-17(5,8-3)12-22;/h22H,6-12H2,1-5H3,(H2,18,19,20);1H. The van der Waals surface area contributed by atoms with Gasteiger partial charge in [-0.25, -0.2) is 4.99 Å². The smallest absolute Gasteiger partial charge is 0.191 e. The molecule has 0 aliphatic rings. The first-order valence-electron chi connectivity index (χ1n) is 8.62. The van der Waals surface area contributed by atoms with Crippen molar-refractivity contribution in [3.8, 4) is 0 Å². The molecule has 0 fully saturated rings. The first-order valence-corrected chi connectivity index (χ1v) is 8.62. The van der Waals surface area contributed by atoms with Crippen LogP contribution in [0.25, 0.3) is 0 Å². The average molecular weight is 452 g/mol. The first-order chi connectivity index (χ1) is 11.0. The number of aryl methyl sites for hydroxylation is 2. The van der Waals surface area contributed by atoms with Gasteiger partial charge in [0, 0.05) is 30.5 Å². The fourth-order valence-corrected chi connectivity index (χ4v) is 2.21. The minimum absolute atomic E-state index is 0. The van der Waals surface area contributed by atoms with Crippen LogP contribution in [0, 0.1) is 5.41 Å². The van der Waals surface area contributed by atoms with Crippen molar-refractivity contribution in [2.75, 3.05) is 19.7 Å². The molecule has 0 saturated carbocycles. The molecule has 0 aliphatic carbocycles. The molecule has 1 rings (SSSR count). The Balaban J connectivity index is 0.00000529. The lowest BCUT2D eigenvalue weighted by Gasteiger charge is -2.26. The number of aromatic nitrogens is 1. The number of nitrogens with one attached hydrogen (secondary N) is 2. The Kier molecular flexibility index (Phi) is 11.3. The lowest BCUT2D eigenvalue weighted by atomic mass is 9.89. The maximum atomic E-state index is 9.52. The number of aliphatic hydroxyl groups is 1. The number of halogens is 1. The van der Waals surface area contributed by atoms with Crippen LogP contribution in [0.2, 0.25) is 0 Å². The van der Waals surface area contributed by atoms with E-state index in [0.717, 1.165) is 48.8 Å². The molecule has 0 saturated heterocycles. The third kappa shape index (κ3) is 6.58. The topological polar surface area (TPSA) is 82.7 Å². The highest BCUT2D eigenvalue weighted by molar-refractivity contribution is 14.0. The quantitative estimate of drug-likeness (QED) is 0.305. The highest BCUT2D eigenvalue weighted by Gasteiger charge is 2.21. The Morgan fingerprint density at radius 1 is 1.21 bits per heavy atom. The largest absolute Gasteiger partial charge is 0.396 e.